The predicted molar refractivity (Wildman–Crippen MR) is 146 cm³/mol. The van der Waals surface area contributed by atoms with Crippen LogP contribution in [0.15, 0.2) is 66.1 Å². The number of aryl methyl sites for hydroxylation is 2. The number of methoxy groups -OCH3 is 1. The third-order valence-corrected chi connectivity index (χ3v) is 8.22. The number of nitrogens with zero attached hydrogens (tertiary/aromatic N) is 4. The number of aromatic amines is 1. The average Bonchev–Trinajstić information content (AvgIpc) is 3.31. The number of rotatable bonds is 9. The summed E-state index contributed by atoms with van der Waals surface area (Å²) >= 11 is 0. The molecule has 2 aromatic carbocycles. The first-order valence-electron chi connectivity index (χ1n) is 12.4. The van der Waals surface area contributed by atoms with Crippen molar-refractivity contribution in [1.29, 1.82) is 0 Å². The summed E-state index contributed by atoms with van der Waals surface area (Å²) in [4.78, 5) is 16.7. The minimum atomic E-state index is -3.64. The van der Waals surface area contributed by atoms with Crippen LogP contribution < -0.4 is 14.4 Å². The van der Waals surface area contributed by atoms with E-state index in [9.17, 15) is 8.42 Å². The zero-order valence-electron chi connectivity index (χ0n) is 21.1. The normalized spacial score (nSPS) is 14.7. The summed E-state index contributed by atoms with van der Waals surface area (Å²) in [7, 11) is -2.00. The van der Waals surface area contributed by atoms with E-state index in [1.807, 2.05) is 25.3 Å². The minimum Gasteiger partial charge on any atom is -0.491 e. The topological polar surface area (TPSA) is 103 Å². The van der Waals surface area contributed by atoms with E-state index in [2.05, 4.69) is 29.5 Å². The van der Waals surface area contributed by atoms with Gasteiger partial charge in [0.05, 0.1) is 18.2 Å². The van der Waals surface area contributed by atoms with Crippen LogP contribution in [0, 0.1) is 6.92 Å². The van der Waals surface area contributed by atoms with Gasteiger partial charge in [-0.05, 0) is 62.2 Å². The number of fused-ring (bicyclic) bond motifs is 1. The maximum Gasteiger partial charge on any atom is 0.261 e. The molecule has 1 fully saturated rings. The van der Waals surface area contributed by atoms with Gasteiger partial charge in [-0.25, -0.2) is 18.4 Å². The molecule has 0 spiro atoms. The first-order valence-corrected chi connectivity index (χ1v) is 13.9. The Morgan fingerprint density at radius 2 is 1.86 bits per heavy atom. The van der Waals surface area contributed by atoms with Gasteiger partial charge in [0.15, 0.2) is 11.6 Å². The molecule has 0 saturated carbocycles. The number of sulfonamides is 1. The summed E-state index contributed by atoms with van der Waals surface area (Å²) in [6.45, 7) is 6.65. The Labute approximate surface area is 217 Å². The van der Waals surface area contributed by atoms with Crippen molar-refractivity contribution in [3.63, 3.8) is 0 Å². The van der Waals surface area contributed by atoms with Crippen LogP contribution in [-0.2, 0) is 16.4 Å². The molecule has 1 aliphatic rings. The zero-order chi connectivity index (χ0) is 25.8. The predicted octanol–water partition coefficient (Wildman–Crippen LogP) is 3.83. The van der Waals surface area contributed by atoms with E-state index >= 15 is 0 Å². The van der Waals surface area contributed by atoms with Crippen molar-refractivity contribution in [3.8, 4) is 5.75 Å². The molecule has 4 aromatic rings. The summed E-state index contributed by atoms with van der Waals surface area (Å²) in [5.41, 5.74) is 3.77. The fourth-order valence-electron chi connectivity index (χ4n) is 4.75. The molecular weight excluding hydrogens is 488 g/mol. The molecule has 0 aliphatic carbocycles. The Kier molecular flexibility index (Phi) is 7.29. The van der Waals surface area contributed by atoms with Crippen LogP contribution in [0.2, 0.25) is 0 Å². The molecule has 3 heterocycles. The highest BCUT2D eigenvalue weighted by Crippen LogP contribution is 2.27. The minimum absolute atomic E-state index is 0.255. The summed E-state index contributed by atoms with van der Waals surface area (Å²) in [5, 5.41) is 1.05. The highest BCUT2D eigenvalue weighted by atomic mass is 32.2. The second-order valence-electron chi connectivity index (χ2n) is 9.34. The van der Waals surface area contributed by atoms with Crippen molar-refractivity contribution in [1.82, 2.24) is 19.9 Å². The highest BCUT2D eigenvalue weighted by molar-refractivity contribution is 7.92. The Balaban J connectivity index is 1.18. The number of anilines is 2. The lowest BCUT2D eigenvalue weighted by atomic mass is 10.1. The van der Waals surface area contributed by atoms with Crippen LogP contribution in [0.1, 0.15) is 17.5 Å². The molecule has 0 unspecified atom stereocenters. The first-order chi connectivity index (χ1) is 17.9. The maximum absolute atomic E-state index is 12.8. The van der Waals surface area contributed by atoms with Gasteiger partial charge < -0.3 is 14.6 Å². The second kappa shape index (κ2) is 10.8. The maximum atomic E-state index is 12.8. The molecule has 2 N–H and O–H groups in total. The number of aromatic nitrogens is 3. The zero-order valence-corrected chi connectivity index (χ0v) is 22.0. The van der Waals surface area contributed by atoms with Gasteiger partial charge in [-0.1, -0.05) is 17.7 Å². The monoisotopic (exact) mass is 520 g/mol. The van der Waals surface area contributed by atoms with Gasteiger partial charge in [0.25, 0.3) is 10.0 Å². The number of benzene rings is 2. The van der Waals surface area contributed by atoms with Crippen molar-refractivity contribution in [2.75, 3.05) is 49.5 Å². The van der Waals surface area contributed by atoms with Crippen LogP contribution in [0.25, 0.3) is 10.9 Å². The molecule has 194 valence electrons. The summed E-state index contributed by atoms with van der Waals surface area (Å²) in [6.07, 6.45) is 7.22. The molecule has 0 atom stereocenters. The smallest absolute Gasteiger partial charge is 0.261 e. The van der Waals surface area contributed by atoms with Crippen molar-refractivity contribution < 1.29 is 13.2 Å². The van der Waals surface area contributed by atoms with E-state index in [-0.39, 0.29) is 4.90 Å². The SMILES string of the molecule is COc1cncnc1N1CCN(CCCc2c[nH]c3ccc(NS(=O)(=O)c4ccc(C)cc4)cc23)CC1. The van der Waals surface area contributed by atoms with E-state index in [1.165, 1.54) is 5.56 Å². The van der Waals surface area contributed by atoms with Crippen LogP contribution in [0.5, 0.6) is 5.75 Å². The number of ether oxygens (including phenoxy) is 1. The van der Waals surface area contributed by atoms with Crippen LogP contribution in [0.4, 0.5) is 11.5 Å². The second-order valence-corrected chi connectivity index (χ2v) is 11.0. The van der Waals surface area contributed by atoms with Gasteiger partial charge >= 0.3 is 0 Å². The molecule has 2 aromatic heterocycles. The number of piperazine rings is 1. The van der Waals surface area contributed by atoms with E-state index in [0.29, 0.717) is 11.4 Å². The van der Waals surface area contributed by atoms with Gasteiger partial charge in [-0.3, -0.25) is 9.62 Å². The Morgan fingerprint density at radius 1 is 1.08 bits per heavy atom. The molecule has 0 bridgehead atoms. The van der Waals surface area contributed by atoms with E-state index < -0.39 is 10.0 Å². The van der Waals surface area contributed by atoms with E-state index in [1.54, 1.807) is 50.0 Å². The fraction of sp³-hybridized carbons (Fsp3) is 0.333. The van der Waals surface area contributed by atoms with Gasteiger partial charge in [-0.15, -0.1) is 0 Å². The quantitative estimate of drug-likeness (QED) is 0.346. The first kappa shape index (κ1) is 25.0. The molecule has 0 amide bonds. The van der Waals surface area contributed by atoms with Crippen molar-refractivity contribution >= 4 is 32.4 Å². The lowest BCUT2D eigenvalue weighted by Crippen LogP contribution is -2.47. The number of nitrogens with one attached hydrogen (secondary N) is 2. The third kappa shape index (κ3) is 5.70. The average molecular weight is 521 g/mol. The van der Waals surface area contributed by atoms with Crippen molar-refractivity contribution in [2.24, 2.45) is 0 Å². The highest BCUT2D eigenvalue weighted by Gasteiger charge is 2.21. The molecular formula is C27H32N6O3S. The molecule has 1 aliphatic heterocycles. The Hall–Kier alpha value is -3.63. The van der Waals surface area contributed by atoms with E-state index in [4.69, 9.17) is 4.74 Å². The Bertz CT molecular complexity index is 1460. The standard InChI is InChI=1S/C27H32N6O3S/c1-20-5-8-23(9-6-20)37(34,35)31-22-7-10-25-24(16-22)21(17-29-25)4-3-11-32-12-14-33(15-13-32)27-26(36-2)18-28-19-30-27/h5-10,16-19,29,31H,3-4,11-15H2,1-2H3. The third-order valence-electron chi connectivity index (χ3n) is 6.82. The van der Waals surface area contributed by atoms with Crippen LogP contribution in [0.3, 0.4) is 0 Å². The van der Waals surface area contributed by atoms with Gasteiger partial charge in [-0.2, -0.15) is 0 Å². The lowest BCUT2D eigenvalue weighted by molar-refractivity contribution is 0.253. The van der Waals surface area contributed by atoms with Crippen molar-refractivity contribution in [2.45, 2.75) is 24.7 Å². The van der Waals surface area contributed by atoms with Gasteiger partial charge in [0.1, 0.15) is 6.33 Å². The number of hydrogen-bond donors (Lipinski definition) is 2. The number of hydrogen-bond acceptors (Lipinski definition) is 7. The largest absolute Gasteiger partial charge is 0.491 e. The van der Waals surface area contributed by atoms with Gasteiger partial charge in [0, 0.05) is 49.0 Å². The summed E-state index contributed by atoms with van der Waals surface area (Å²) < 4.78 is 33.8. The molecule has 9 nitrogen and oxygen atoms in total. The van der Waals surface area contributed by atoms with Crippen molar-refractivity contribution in [3.05, 3.63) is 72.3 Å². The number of H-pyrrole nitrogens is 1. The lowest BCUT2D eigenvalue weighted by Gasteiger charge is -2.35. The molecule has 10 heteroatoms. The molecule has 0 radical (unpaired) electrons. The Morgan fingerprint density at radius 3 is 2.62 bits per heavy atom. The molecule has 5 rings (SSSR count). The van der Waals surface area contributed by atoms with Crippen LogP contribution in [-0.4, -0.2) is 68.1 Å². The summed E-state index contributed by atoms with van der Waals surface area (Å²) in [6, 6.07) is 12.5. The van der Waals surface area contributed by atoms with E-state index in [0.717, 1.165) is 67.8 Å². The molecule has 1 saturated heterocycles. The van der Waals surface area contributed by atoms with Crippen LogP contribution >= 0.6 is 0 Å². The molecule has 37 heavy (non-hydrogen) atoms. The summed E-state index contributed by atoms with van der Waals surface area (Å²) in [5.74, 6) is 1.56. The van der Waals surface area contributed by atoms with Gasteiger partial charge in [0.2, 0.25) is 0 Å². The fourth-order valence-corrected chi connectivity index (χ4v) is 5.80.